The van der Waals surface area contributed by atoms with E-state index in [1.807, 2.05) is 20.8 Å². The molecule has 0 bridgehead atoms. The second-order valence-corrected chi connectivity index (χ2v) is 4.42. The van der Waals surface area contributed by atoms with Gasteiger partial charge in [-0.2, -0.15) is 0 Å². The van der Waals surface area contributed by atoms with Crippen molar-refractivity contribution in [3.63, 3.8) is 0 Å². The largest absolute Gasteiger partial charge is 0.361 e. The molecule has 1 atom stereocenters. The van der Waals surface area contributed by atoms with Gasteiger partial charge in [0.2, 0.25) is 5.91 Å². The molecule has 0 radical (unpaired) electrons. The van der Waals surface area contributed by atoms with E-state index in [4.69, 9.17) is 10.3 Å². The van der Waals surface area contributed by atoms with Crippen LogP contribution in [0.2, 0.25) is 0 Å². The summed E-state index contributed by atoms with van der Waals surface area (Å²) in [4.78, 5) is 11.5. The lowest BCUT2D eigenvalue weighted by Crippen LogP contribution is -2.29. The molecule has 96 valence electrons. The van der Waals surface area contributed by atoms with Gasteiger partial charge < -0.3 is 15.6 Å². The summed E-state index contributed by atoms with van der Waals surface area (Å²) in [5.41, 5.74) is 7.50. The standard InChI is InChI=1S/C12H21N3O2/c1-8(13)6-7-14-12(16)5-4-11-9(2)15-17-10(11)3/h8H,4-7,13H2,1-3H3,(H,14,16). The topological polar surface area (TPSA) is 81.2 Å². The average Bonchev–Trinajstić information content (AvgIpc) is 2.55. The Hall–Kier alpha value is -1.36. The first-order chi connectivity index (χ1) is 8.00. The van der Waals surface area contributed by atoms with Crippen molar-refractivity contribution >= 4 is 5.91 Å². The molecule has 0 saturated carbocycles. The number of hydrogen-bond acceptors (Lipinski definition) is 4. The van der Waals surface area contributed by atoms with Gasteiger partial charge in [-0.3, -0.25) is 4.79 Å². The number of aromatic nitrogens is 1. The maximum atomic E-state index is 11.5. The Morgan fingerprint density at radius 3 is 2.76 bits per heavy atom. The number of aryl methyl sites for hydroxylation is 2. The number of nitrogens with zero attached hydrogens (tertiary/aromatic N) is 1. The number of amides is 1. The van der Waals surface area contributed by atoms with Crippen LogP contribution < -0.4 is 11.1 Å². The lowest BCUT2D eigenvalue weighted by molar-refractivity contribution is -0.121. The highest BCUT2D eigenvalue weighted by molar-refractivity contribution is 5.76. The van der Waals surface area contributed by atoms with Crippen LogP contribution in [0.15, 0.2) is 4.52 Å². The average molecular weight is 239 g/mol. The Bertz CT molecular complexity index is 352. The van der Waals surface area contributed by atoms with Crippen LogP contribution in [0, 0.1) is 13.8 Å². The third kappa shape index (κ3) is 4.56. The minimum absolute atomic E-state index is 0.0469. The fraction of sp³-hybridized carbons (Fsp3) is 0.667. The predicted molar refractivity (Wildman–Crippen MR) is 65.6 cm³/mol. The summed E-state index contributed by atoms with van der Waals surface area (Å²) in [6.45, 7) is 6.32. The van der Waals surface area contributed by atoms with Gasteiger partial charge >= 0.3 is 0 Å². The third-order valence-electron chi connectivity index (χ3n) is 2.71. The van der Waals surface area contributed by atoms with Crippen molar-refractivity contribution in [2.75, 3.05) is 6.54 Å². The monoisotopic (exact) mass is 239 g/mol. The first-order valence-electron chi connectivity index (χ1n) is 5.94. The highest BCUT2D eigenvalue weighted by Crippen LogP contribution is 2.13. The smallest absolute Gasteiger partial charge is 0.220 e. The molecule has 0 aliphatic carbocycles. The van der Waals surface area contributed by atoms with E-state index in [9.17, 15) is 4.79 Å². The Kier molecular flexibility index (Phi) is 5.15. The van der Waals surface area contributed by atoms with Gasteiger partial charge in [0.25, 0.3) is 0 Å². The van der Waals surface area contributed by atoms with Crippen molar-refractivity contribution in [3.05, 3.63) is 17.0 Å². The minimum atomic E-state index is 0.0469. The van der Waals surface area contributed by atoms with E-state index in [-0.39, 0.29) is 11.9 Å². The molecule has 5 nitrogen and oxygen atoms in total. The van der Waals surface area contributed by atoms with Gasteiger partial charge in [-0.1, -0.05) is 5.16 Å². The van der Waals surface area contributed by atoms with Gasteiger partial charge in [-0.25, -0.2) is 0 Å². The normalized spacial score (nSPS) is 12.5. The van der Waals surface area contributed by atoms with Crippen molar-refractivity contribution in [1.29, 1.82) is 0 Å². The van der Waals surface area contributed by atoms with E-state index >= 15 is 0 Å². The second kappa shape index (κ2) is 6.39. The maximum Gasteiger partial charge on any atom is 0.220 e. The van der Waals surface area contributed by atoms with Gasteiger partial charge in [0, 0.05) is 24.6 Å². The van der Waals surface area contributed by atoms with E-state index < -0.39 is 0 Å². The van der Waals surface area contributed by atoms with Crippen LogP contribution in [0.25, 0.3) is 0 Å². The Balaban J connectivity index is 2.29. The van der Waals surface area contributed by atoms with Crippen LogP contribution in [-0.2, 0) is 11.2 Å². The van der Waals surface area contributed by atoms with Crippen LogP contribution in [0.4, 0.5) is 0 Å². The first kappa shape index (κ1) is 13.7. The zero-order valence-corrected chi connectivity index (χ0v) is 10.7. The van der Waals surface area contributed by atoms with Crippen molar-refractivity contribution in [2.24, 2.45) is 5.73 Å². The highest BCUT2D eigenvalue weighted by atomic mass is 16.5. The van der Waals surface area contributed by atoms with Crippen LogP contribution in [0.1, 0.15) is 36.8 Å². The Labute approximate surface area is 102 Å². The van der Waals surface area contributed by atoms with Crippen molar-refractivity contribution in [3.8, 4) is 0 Å². The van der Waals surface area contributed by atoms with Gasteiger partial charge in [-0.15, -0.1) is 0 Å². The molecule has 0 aliphatic heterocycles. The van der Waals surface area contributed by atoms with Crippen molar-refractivity contribution < 1.29 is 9.32 Å². The molecule has 1 unspecified atom stereocenters. The van der Waals surface area contributed by atoms with Crippen LogP contribution >= 0.6 is 0 Å². The number of hydrogen-bond donors (Lipinski definition) is 2. The fourth-order valence-electron chi connectivity index (χ4n) is 1.62. The number of nitrogens with one attached hydrogen (secondary N) is 1. The molecule has 1 amide bonds. The minimum Gasteiger partial charge on any atom is -0.361 e. The summed E-state index contributed by atoms with van der Waals surface area (Å²) >= 11 is 0. The molecule has 1 rings (SSSR count). The third-order valence-corrected chi connectivity index (χ3v) is 2.71. The summed E-state index contributed by atoms with van der Waals surface area (Å²) in [5, 5.41) is 6.70. The van der Waals surface area contributed by atoms with Crippen LogP contribution in [0.5, 0.6) is 0 Å². The SMILES string of the molecule is Cc1noc(C)c1CCC(=O)NCCC(C)N. The summed E-state index contributed by atoms with van der Waals surface area (Å²) in [6.07, 6.45) is 1.93. The van der Waals surface area contributed by atoms with Crippen LogP contribution in [0.3, 0.4) is 0 Å². The van der Waals surface area contributed by atoms with Gasteiger partial charge in [0.05, 0.1) is 5.69 Å². The molecule has 3 N–H and O–H groups in total. The summed E-state index contributed by atoms with van der Waals surface area (Å²) in [5.74, 6) is 0.844. The second-order valence-electron chi connectivity index (χ2n) is 4.42. The maximum absolute atomic E-state index is 11.5. The number of rotatable bonds is 6. The fourth-order valence-corrected chi connectivity index (χ4v) is 1.62. The molecule has 0 aromatic carbocycles. The van der Waals surface area contributed by atoms with E-state index in [0.717, 1.165) is 23.4 Å². The van der Waals surface area contributed by atoms with E-state index in [2.05, 4.69) is 10.5 Å². The van der Waals surface area contributed by atoms with E-state index in [1.54, 1.807) is 0 Å². The predicted octanol–water partition coefficient (Wildman–Crippen LogP) is 1.08. The van der Waals surface area contributed by atoms with Crippen LogP contribution in [-0.4, -0.2) is 23.7 Å². The lowest BCUT2D eigenvalue weighted by atomic mass is 10.1. The Morgan fingerprint density at radius 2 is 2.24 bits per heavy atom. The molecule has 0 fully saturated rings. The lowest BCUT2D eigenvalue weighted by Gasteiger charge is -2.07. The molecule has 1 aromatic rings. The quantitative estimate of drug-likeness (QED) is 0.778. The number of carbonyl (C=O) groups is 1. The zero-order valence-electron chi connectivity index (χ0n) is 10.7. The number of carbonyl (C=O) groups excluding carboxylic acids is 1. The first-order valence-corrected chi connectivity index (χ1v) is 5.94. The molecule has 1 heterocycles. The summed E-state index contributed by atoms with van der Waals surface area (Å²) in [7, 11) is 0. The Morgan fingerprint density at radius 1 is 1.53 bits per heavy atom. The highest BCUT2D eigenvalue weighted by Gasteiger charge is 2.10. The van der Waals surface area contributed by atoms with Crippen molar-refractivity contribution in [1.82, 2.24) is 10.5 Å². The molecular formula is C12H21N3O2. The molecule has 0 aliphatic rings. The molecule has 0 saturated heterocycles. The molecule has 1 aromatic heterocycles. The summed E-state index contributed by atoms with van der Waals surface area (Å²) in [6, 6.07) is 0.123. The molecular weight excluding hydrogens is 218 g/mol. The molecule has 0 spiro atoms. The number of nitrogens with two attached hydrogens (primary N) is 1. The van der Waals surface area contributed by atoms with Gasteiger partial charge in [0.1, 0.15) is 5.76 Å². The summed E-state index contributed by atoms with van der Waals surface area (Å²) < 4.78 is 5.04. The van der Waals surface area contributed by atoms with E-state index in [0.29, 0.717) is 19.4 Å². The van der Waals surface area contributed by atoms with Gasteiger partial charge in [0.15, 0.2) is 0 Å². The van der Waals surface area contributed by atoms with Gasteiger partial charge in [-0.05, 0) is 33.6 Å². The molecule has 5 heteroatoms. The van der Waals surface area contributed by atoms with E-state index in [1.165, 1.54) is 0 Å². The molecule has 17 heavy (non-hydrogen) atoms. The zero-order chi connectivity index (χ0) is 12.8. The van der Waals surface area contributed by atoms with Crippen molar-refractivity contribution in [2.45, 2.75) is 46.1 Å².